The summed E-state index contributed by atoms with van der Waals surface area (Å²) in [5.74, 6) is 1.71. The zero-order valence-corrected chi connectivity index (χ0v) is 19.1. The van der Waals surface area contributed by atoms with Crippen molar-refractivity contribution < 1.29 is 9.51 Å². The van der Waals surface area contributed by atoms with Crippen LogP contribution in [-0.4, -0.2) is 34.3 Å². The second kappa shape index (κ2) is 8.65. The van der Waals surface area contributed by atoms with Crippen LogP contribution in [0.5, 0.6) is 0 Å². The second-order valence-electron chi connectivity index (χ2n) is 7.61. The minimum atomic E-state index is -0.217. The number of nitrogens with zero attached hydrogens (tertiary/aromatic N) is 6. The average molecular weight is 498 g/mol. The molecule has 0 atom stereocenters. The van der Waals surface area contributed by atoms with E-state index in [1.807, 2.05) is 30.3 Å². The van der Waals surface area contributed by atoms with Crippen molar-refractivity contribution in [2.24, 2.45) is 0 Å². The second-order valence-corrected chi connectivity index (χ2v) is 8.40. The van der Waals surface area contributed by atoms with Gasteiger partial charge in [-0.2, -0.15) is 4.98 Å². The van der Waals surface area contributed by atoms with Crippen LogP contribution in [0.25, 0.3) is 16.8 Å². The summed E-state index contributed by atoms with van der Waals surface area (Å²) in [5.41, 5.74) is 2.83. The number of fused-ring (bicyclic) bond motifs is 3. The lowest BCUT2D eigenvalue weighted by atomic mass is 10.1. The van der Waals surface area contributed by atoms with Crippen molar-refractivity contribution in [1.82, 2.24) is 34.3 Å². The molecule has 10 nitrogen and oxygen atoms in total. The van der Waals surface area contributed by atoms with Crippen LogP contribution in [0.4, 0.5) is 0 Å². The molecular formula is C21H22BrN8O2+. The summed E-state index contributed by atoms with van der Waals surface area (Å²) in [6, 6.07) is 10.0. The van der Waals surface area contributed by atoms with E-state index in [4.69, 9.17) is 4.52 Å². The van der Waals surface area contributed by atoms with Gasteiger partial charge in [-0.25, -0.2) is 19.3 Å². The fourth-order valence-electron chi connectivity index (χ4n) is 3.68. The van der Waals surface area contributed by atoms with Crippen molar-refractivity contribution in [3.05, 3.63) is 68.7 Å². The zero-order valence-electron chi connectivity index (χ0n) is 17.5. The van der Waals surface area contributed by atoms with Gasteiger partial charge in [0.25, 0.3) is 10.4 Å². The predicted molar refractivity (Wildman–Crippen MR) is 119 cm³/mol. The summed E-state index contributed by atoms with van der Waals surface area (Å²) in [6.45, 7) is 2.69. The molecule has 1 aromatic carbocycles. The predicted octanol–water partition coefficient (Wildman–Crippen LogP) is 2.51. The number of rotatable bonds is 8. The number of unbranched alkanes of at least 4 members (excludes halogenated alkanes) is 1. The summed E-state index contributed by atoms with van der Waals surface area (Å²) in [5, 5.41) is 8.53. The van der Waals surface area contributed by atoms with E-state index in [-0.39, 0.29) is 5.69 Å². The Hall–Kier alpha value is -3.34. The first-order chi connectivity index (χ1) is 15.6. The third-order valence-electron chi connectivity index (χ3n) is 5.27. The molecule has 4 aromatic heterocycles. The van der Waals surface area contributed by atoms with Crippen molar-refractivity contribution in [2.45, 2.75) is 45.6 Å². The van der Waals surface area contributed by atoms with Gasteiger partial charge < -0.3 is 4.52 Å². The van der Waals surface area contributed by atoms with Gasteiger partial charge in [0.15, 0.2) is 11.6 Å². The summed E-state index contributed by atoms with van der Waals surface area (Å²) in [7, 11) is 0. The van der Waals surface area contributed by atoms with Crippen LogP contribution in [0.1, 0.15) is 42.9 Å². The van der Waals surface area contributed by atoms with Crippen LogP contribution in [0.3, 0.4) is 0 Å². The van der Waals surface area contributed by atoms with Gasteiger partial charge in [-0.05, 0) is 12.0 Å². The molecule has 5 aromatic rings. The van der Waals surface area contributed by atoms with Gasteiger partial charge in [0.05, 0.1) is 6.54 Å². The number of halogens is 1. The monoisotopic (exact) mass is 497 g/mol. The van der Waals surface area contributed by atoms with Crippen molar-refractivity contribution in [1.29, 1.82) is 0 Å². The van der Waals surface area contributed by atoms with Crippen LogP contribution in [0, 0.1) is 0 Å². The van der Waals surface area contributed by atoms with Gasteiger partial charge in [0, 0.05) is 35.2 Å². The van der Waals surface area contributed by atoms with Gasteiger partial charge in [0.1, 0.15) is 0 Å². The normalized spacial score (nSPS) is 11.7. The maximum absolute atomic E-state index is 13.1. The summed E-state index contributed by atoms with van der Waals surface area (Å²) >= 11 is 3.42. The molecule has 11 heteroatoms. The highest BCUT2D eigenvalue weighted by Gasteiger charge is 2.23. The Morgan fingerprint density at radius 2 is 2.00 bits per heavy atom. The van der Waals surface area contributed by atoms with E-state index in [0.29, 0.717) is 59.4 Å². The first-order valence-electron chi connectivity index (χ1n) is 10.6. The van der Waals surface area contributed by atoms with E-state index in [1.165, 1.54) is 4.52 Å². The number of aromatic nitrogens is 8. The van der Waals surface area contributed by atoms with Gasteiger partial charge >= 0.3 is 5.69 Å². The Balaban J connectivity index is 1.39. The molecule has 5 rings (SSSR count). The molecule has 2 N–H and O–H groups in total. The number of hydrogen-bond acceptors (Lipinski definition) is 6. The zero-order chi connectivity index (χ0) is 22.1. The first kappa shape index (κ1) is 20.6. The molecule has 0 bridgehead atoms. The number of benzene rings is 1. The number of aromatic amines is 2. The maximum Gasteiger partial charge on any atom is 0.409 e. The Labute approximate surface area is 190 Å². The largest absolute Gasteiger partial charge is 0.409 e. The lowest BCUT2D eigenvalue weighted by Crippen LogP contribution is -2.30. The lowest BCUT2D eigenvalue weighted by Gasteiger charge is -2.00. The van der Waals surface area contributed by atoms with E-state index >= 15 is 0 Å². The van der Waals surface area contributed by atoms with Crippen LogP contribution in [0.2, 0.25) is 0 Å². The maximum atomic E-state index is 13.1. The number of hydrogen-bond donors (Lipinski definition) is 1. The minimum Gasteiger partial charge on any atom is -0.339 e. The minimum absolute atomic E-state index is 0.217. The van der Waals surface area contributed by atoms with E-state index in [0.717, 1.165) is 23.9 Å². The molecule has 164 valence electrons. The van der Waals surface area contributed by atoms with Crippen molar-refractivity contribution >= 4 is 32.7 Å². The summed E-state index contributed by atoms with van der Waals surface area (Å²) < 4.78 is 9.11. The van der Waals surface area contributed by atoms with Crippen molar-refractivity contribution in [3.8, 4) is 0 Å². The molecule has 0 radical (unpaired) electrons. The van der Waals surface area contributed by atoms with Gasteiger partial charge in [-0.15, -0.1) is 9.61 Å². The van der Waals surface area contributed by atoms with Crippen LogP contribution < -0.4 is 10.7 Å². The quantitative estimate of drug-likeness (QED) is 0.328. The van der Waals surface area contributed by atoms with Crippen molar-refractivity contribution in [2.75, 3.05) is 0 Å². The average Bonchev–Trinajstić information content (AvgIpc) is 3.51. The Bertz CT molecular complexity index is 1430. The van der Waals surface area contributed by atoms with Crippen molar-refractivity contribution in [3.63, 3.8) is 0 Å². The molecule has 0 saturated carbocycles. The fraction of sp³-hybridized carbons (Fsp3) is 0.333. The Morgan fingerprint density at radius 1 is 1.16 bits per heavy atom. The summed E-state index contributed by atoms with van der Waals surface area (Å²) in [6.07, 6.45) is 3.46. The molecule has 0 aliphatic rings. The molecule has 0 aliphatic heterocycles. The number of aryl methyl sites for hydroxylation is 3. The smallest absolute Gasteiger partial charge is 0.339 e. The van der Waals surface area contributed by atoms with Crippen LogP contribution >= 0.6 is 15.9 Å². The standard InChI is InChI=1S/C21H21BrN8O2/c1-2-3-11-29-18-17(25-20(22)26-18)19-24-14(27-30(19)21(29)31)9-10-16-23-15(28-32-16)12-13-7-5-4-6-8-13/h4-8H,2-3,9-12H2,1H3,(H,25,26)/p+1. The molecule has 0 aliphatic carbocycles. The molecule has 0 amide bonds. The van der Waals surface area contributed by atoms with Gasteiger partial charge in [-0.3, -0.25) is 4.98 Å². The van der Waals surface area contributed by atoms with Crippen LogP contribution in [0.15, 0.2) is 44.4 Å². The molecule has 4 heterocycles. The van der Waals surface area contributed by atoms with E-state index in [2.05, 4.69) is 53.0 Å². The van der Waals surface area contributed by atoms with E-state index in [9.17, 15) is 4.79 Å². The Kier molecular flexibility index (Phi) is 5.56. The number of imidazole rings is 1. The molecule has 0 unspecified atom stereocenters. The van der Waals surface area contributed by atoms with Gasteiger partial charge in [0.2, 0.25) is 17.1 Å². The highest BCUT2D eigenvalue weighted by molar-refractivity contribution is 9.10. The fourth-order valence-corrected chi connectivity index (χ4v) is 4.07. The number of H-pyrrole nitrogens is 2. The molecular weight excluding hydrogens is 476 g/mol. The van der Waals surface area contributed by atoms with Gasteiger partial charge in [-0.1, -0.05) is 48.8 Å². The lowest BCUT2D eigenvalue weighted by molar-refractivity contribution is -0.364. The van der Waals surface area contributed by atoms with Crippen LogP contribution in [-0.2, 0) is 25.8 Å². The molecule has 0 fully saturated rings. The first-order valence-corrected chi connectivity index (χ1v) is 11.4. The Morgan fingerprint density at radius 3 is 2.81 bits per heavy atom. The van der Waals surface area contributed by atoms with E-state index < -0.39 is 0 Å². The third-order valence-corrected chi connectivity index (χ3v) is 5.67. The summed E-state index contributed by atoms with van der Waals surface area (Å²) in [4.78, 5) is 28.5. The highest BCUT2D eigenvalue weighted by Crippen LogP contribution is 2.16. The molecule has 0 saturated heterocycles. The topological polar surface area (TPSA) is 121 Å². The number of nitrogens with one attached hydrogen (secondary N) is 2. The SMILES string of the molecule is CCCCn1c(=O)n2nc(CCc3nc(Cc4ccccc4)no3)nc2c2[nH]c(Br)[nH+]c21. The third kappa shape index (κ3) is 3.95. The molecule has 0 spiro atoms. The van der Waals surface area contributed by atoms with E-state index in [1.54, 1.807) is 4.57 Å². The highest BCUT2D eigenvalue weighted by atomic mass is 79.9. The molecule has 32 heavy (non-hydrogen) atoms.